The van der Waals surface area contributed by atoms with Crippen molar-refractivity contribution in [2.45, 2.75) is 11.8 Å². The van der Waals surface area contributed by atoms with Crippen LogP contribution in [0.2, 0.25) is 0 Å². The van der Waals surface area contributed by atoms with Crippen molar-refractivity contribution in [1.29, 1.82) is 0 Å². The molecule has 1 aromatic carbocycles. The van der Waals surface area contributed by atoms with Gasteiger partial charge in [0.05, 0.1) is 4.90 Å². The molecule has 2 N–H and O–H groups in total. The fourth-order valence-corrected chi connectivity index (χ4v) is 2.62. The topological polar surface area (TPSA) is 114 Å². The number of rotatable bonds is 4. The molecule has 1 amide bonds. The molecule has 0 fully saturated rings. The molecule has 0 saturated carbocycles. The summed E-state index contributed by atoms with van der Waals surface area (Å²) in [6, 6.07) is 8.29. The Morgan fingerprint density at radius 3 is 2.33 bits per heavy atom. The molecule has 0 saturated heterocycles. The molecular weight excluding hydrogens is 298 g/mol. The first kappa shape index (κ1) is 14.8. The van der Waals surface area contributed by atoms with Gasteiger partial charge in [0.15, 0.2) is 5.76 Å². The normalized spacial score (nSPS) is 11.1. The van der Waals surface area contributed by atoms with Gasteiger partial charge in [-0.1, -0.05) is 18.2 Å². The van der Waals surface area contributed by atoms with Crippen molar-refractivity contribution in [2.75, 3.05) is 0 Å². The van der Waals surface area contributed by atoms with Gasteiger partial charge in [0.25, 0.3) is 10.0 Å². The molecule has 21 heavy (non-hydrogen) atoms. The van der Waals surface area contributed by atoms with E-state index in [1.807, 2.05) is 4.72 Å². The van der Waals surface area contributed by atoms with Gasteiger partial charge in [-0.25, -0.2) is 17.9 Å². The van der Waals surface area contributed by atoms with Crippen LogP contribution in [0.5, 0.6) is 0 Å². The second-order valence-corrected chi connectivity index (χ2v) is 5.82. The summed E-state index contributed by atoms with van der Waals surface area (Å²) in [5, 5.41) is 8.86. The van der Waals surface area contributed by atoms with Crippen LogP contribution in [-0.2, 0) is 10.0 Å². The lowest BCUT2D eigenvalue weighted by atomic mass is 10.2. The first-order valence-corrected chi connectivity index (χ1v) is 7.25. The van der Waals surface area contributed by atoms with Crippen LogP contribution in [-0.4, -0.2) is 25.4 Å². The molecule has 0 atom stereocenters. The second kappa shape index (κ2) is 5.41. The van der Waals surface area contributed by atoms with Crippen molar-refractivity contribution in [3.8, 4) is 0 Å². The van der Waals surface area contributed by atoms with Crippen LogP contribution in [0.4, 0.5) is 0 Å². The summed E-state index contributed by atoms with van der Waals surface area (Å²) in [5.74, 6) is -2.66. The van der Waals surface area contributed by atoms with E-state index in [2.05, 4.69) is 0 Å². The second-order valence-electron chi connectivity index (χ2n) is 4.13. The van der Waals surface area contributed by atoms with Gasteiger partial charge in [0, 0.05) is 6.07 Å². The first-order chi connectivity index (χ1) is 9.81. The van der Waals surface area contributed by atoms with Crippen LogP contribution < -0.4 is 4.72 Å². The maximum Gasteiger partial charge on any atom is 0.339 e. The van der Waals surface area contributed by atoms with Gasteiger partial charge >= 0.3 is 11.9 Å². The standard InChI is InChI=1S/C13H11NO6S/c1-8-10(13(16)17)7-11(20-8)12(15)14-21(18,19)9-5-3-2-4-6-9/h2-7H,1H3,(H,14,15)(H,16,17). The van der Waals surface area contributed by atoms with Crippen LogP contribution in [0.3, 0.4) is 0 Å². The number of hydrogen-bond acceptors (Lipinski definition) is 5. The quantitative estimate of drug-likeness (QED) is 0.882. The largest absolute Gasteiger partial charge is 0.478 e. The van der Waals surface area contributed by atoms with Crippen molar-refractivity contribution in [3.63, 3.8) is 0 Å². The van der Waals surface area contributed by atoms with Crippen LogP contribution in [0.25, 0.3) is 0 Å². The monoisotopic (exact) mass is 309 g/mol. The number of carbonyl (C=O) groups excluding carboxylic acids is 1. The summed E-state index contributed by atoms with van der Waals surface area (Å²) in [6.45, 7) is 1.37. The van der Waals surface area contributed by atoms with E-state index in [0.29, 0.717) is 0 Å². The molecule has 1 aromatic heterocycles. The number of nitrogens with one attached hydrogen (secondary N) is 1. The average Bonchev–Trinajstić information content (AvgIpc) is 2.82. The fourth-order valence-electron chi connectivity index (χ4n) is 1.64. The van der Waals surface area contributed by atoms with Gasteiger partial charge < -0.3 is 9.52 Å². The number of carboxylic acids is 1. The lowest BCUT2D eigenvalue weighted by Crippen LogP contribution is -2.30. The lowest BCUT2D eigenvalue weighted by Gasteiger charge is -2.04. The minimum Gasteiger partial charge on any atom is -0.478 e. The maximum atomic E-state index is 12.0. The molecule has 0 unspecified atom stereocenters. The van der Waals surface area contributed by atoms with E-state index < -0.39 is 21.9 Å². The molecule has 7 nitrogen and oxygen atoms in total. The lowest BCUT2D eigenvalue weighted by molar-refractivity contribution is 0.0694. The number of carbonyl (C=O) groups is 2. The Kier molecular flexibility index (Phi) is 3.81. The third-order valence-corrected chi connectivity index (χ3v) is 4.00. The fraction of sp³-hybridized carbons (Fsp3) is 0.0769. The van der Waals surface area contributed by atoms with E-state index >= 15 is 0 Å². The summed E-state index contributed by atoms with van der Waals surface area (Å²) in [5.41, 5.74) is -0.197. The third kappa shape index (κ3) is 3.11. The summed E-state index contributed by atoms with van der Waals surface area (Å²) in [6.07, 6.45) is 0. The zero-order valence-electron chi connectivity index (χ0n) is 10.9. The molecule has 0 spiro atoms. The van der Waals surface area contributed by atoms with Crippen LogP contribution in [0, 0.1) is 6.92 Å². The highest BCUT2D eigenvalue weighted by Crippen LogP contribution is 2.15. The number of hydrogen-bond donors (Lipinski definition) is 2. The molecular formula is C13H11NO6S. The smallest absolute Gasteiger partial charge is 0.339 e. The molecule has 0 bridgehead atoms. The van der Waals surface area contributed by atoms with Crippen molar-refractivity contribution in [2.24, 2.45) is 0 Å². The first-order valence-electron chi connectivity index (χ1n) is 5.77. The van der Waals surface area contributed by atoms with Crippen molar-refractivity contribution in [3.05, 3.63) is 53.5 Å². The zero-order valence-corrected chi connectivity index (χ0v) is 11.7. The Morgan fingerprint density at radius 2 is 1.81 bits per heavy atom. The zero-order chi connectivity index (χ0) is 15.6. The molecule has 0 radical (unpaired) electrons. The number of benzene rings is 1. The van der Waals surface area contributed by atoms with E-state index in [9.17, 15) is 18.0 Å². The van der Waals surface area contributed by atoms with Crippen LogP contribution in [0.15, 0.2) is 45.7 Å². The Balaban J connectivity index is 2.26. The van der Waals surface area contributed by atoms with Gasteiger partial charge in [-0.2, -0.15) is 0 Å². The minimum absolute atomic E-state index is 0.0183. The highest BCUT2D eigenvalue weighted by Gasteiger charge is 2.23. The van der Waals surface area contributed by atoms with Crippen LogP contribution >= 0.6 is 0 Å². The van der Waals surface area contributed by atoms with Crippen molar-refractivity contribution in [1.82, 2.24) is 4.72 Å². The highest BCUT2D eigenvalue weighted by molar-refractivity contribution is 7.90. The maximum absolute atomic E-state index is 12.0. The molecule has 0 aliphatic heterocycles. The van der Waals surface area contributed by atoms with Crippen LogP contribution in [0.1, 0.15) is 26.7 Å². The molecule has 8 heteroatoms. The average molecular weight is 309 g/mol. The third-order valence-electron chi connectivity index (χ3n) is 2.65. The predicted octanol–water partition coefficient (Wildman–Crippen LogP) is 1.40. The number of sulfonamides is 1. The molecule has 0 aliphatic carbocycles. The van der Waals surface area contributed by atoms with E-state index in [4.69, 9.17) is 9.52 Å². The van der Waals surface area contributed by atoms with E-state index in [0.717, 1.165) is 6.07 Å². The summed E-state index contributed by atoms with van der Waals surface area (Å²) < 4.78 is 30.7. The SMILES string of the molecule is Cc1oc(C(=O)NS(=O)(=O)c2ccccc2)cc1C(=O)O. The summed E-state index contributed by atoms with van der Waals surface area (Å²) in [7, 11) is -4.04. The predicted molar refractivity (Wildman–Crippen MR) is 71.5 cm³/mol. The van der Waals surface area contributed by atoms with Crippen molar-refractivity contribution >= 4 is 21.9 Å². The number of amides is 1. The van der Waals surface area contributed by atoms with Gasteiger partial charge in [-0.05, 0) is 19.1 Å². The van der Waals surface area contributed by atoms with E-state index in [-0.39, 0.29) is 22.0 Å². The van der Waals surface area contributed by atoms with Gasteiger partial charge in [0.2, 0.25) is 0 Å². The minimum atomic E-state index is -4.04. The number of aryl methyl sites for hydroxylation is 1. The molecule has 2 rings (SSSR count). The van der Waals surface area contributed by atoms with E-state index in [1.54, 1.807) is 6.07 Å². The Labute approximate surface area is 120 Å². The highest BCUT2D eigenvalue weighted by atomic mass is 32.2. The molecule has 1 heterocycles. The molecule has 110 valence electrons. The number of aromatic carboxylic acids is 1. The summed E-state index contributed by atoms with van der Waals surface area (Å²) in [4.78, 5) is 22.6. The number of furan rings is 1. The Bertz CT molecular complexity index is 791. The van der Waals surface area contributed by atoms with Gasteiger partial charge in [-0.15, -0.1) is 0 Å². The van der Waals surface area contributed by atoms with Gasteiger partial charge in [0.1, 0.15) is 11.3 Å². The van der Waals surface area contributed by atoms with E-state index in [1.165, 1.54) is 31.2 Å². The Hall–Kier alpha value is -2.61. The summed E-state index contributed by atoms with van der Waals surface area (Å²) >= 11 is 0. The van der Waals surface area contributed by atoms with Crippen molar-refractivity contribution < 1.29 is 27.5 Å². The van der Waals surface area contributed by atoms with Gasteiger partial charge in [-0.3, -0.25) is 4.79 Å². The molecule has 0 aliphatic rings. The molecule has 2 aromatic rings. The number of carboxylic acid groups (broad SMARTS) is 1. The Morgan fingerprint density at radius 1 is 1.19 bits per heavy atom.